The van der Waals surface area contributed by atoms with Gasteiger partial charge in [-0.05, 0) is 18.6 Å². The van der Waals surface area contributed by atoms with Gasteiger partial charge in [0.2, 0.25) is 0 Å². The first kappa shape index (κ1) is 10.8. The zero-order valence-corrected chi connectivity index (χ0v) is 7.57. The molecule has 78 valence electrons. The van der Waals surface area contributed by atoms with Crippen LogP contribution in [0.4, 0.5) is 17.6 Å². The molecule has 0 N–H and O–H groups in total. The van der Waals surface area contributed by atoms with E-state index in [1.807, 2.05) is 0 Å². The second-order valence-corrected chi connectivity index (χ2v) is 2.77. The van der Waals surface area contributed by atoms with Crippen LogP contribution in [0.15, 0.2) is 12.1 Å². The second-order valence-electron chi connectivity index (χ2n) is 2.77. The molecule has 0 atom stereocenters. The molecule has 0 aromatic heterocycles. The minimum absolute atomic E-state index is 0.157. The van der Waals surface area contributed by atoms with Crippen molar-refractivity contribution in [3.05, 3.63) is 29.1 Å². The number of ether oxygens (including phenoxy) is 1. The van der Waals surface area contributed by atoms with Crippen molar-refractivity contribution in [2.45, 2.75) is 13.1 Å². The molecular formula is C9H8F4O. The van der Waals surface area contributed by atoms with Crippen molar-refractivity contribution in [2.75, 3.05) is 7.11 Å². The number of halogens is 4. The fraction of sp³-hybridized carbons (Fsp3) is 0.333. The van der Waals surface area contributed by atoms with Crippen molar-refractivity contribution in [1.82, 2.24) is 0 Å². The third kappa shape index (κ3) is 1.81. The Hall–Kier alpha value is -1.26. The average molecular weight is 208 g/mol. The third-order valence-electron chi connectivity index (χ3n) is 1.82. The summed E-state index contributed by atoms with van der Waals surface area (Å²) in [6.07, 6.45) is -4.69. The van der Waals surface area contributed by atoms with Gasteiger partial charge in [0, 0.05) is 0 Å². The quantitative estimate of drug-likeness (QED) is 0.644. The Kier molecular flexibility index (Phi) is 2.69. The third-order valence-corrected chi connectivity index (χ3v) is 1.82. The highest BCUT2D eigenvalue weighted by molar-refractivity contribution is 5.38. The van der Waals surface area contributed by atoms with Crippen LogP contribution in [0.5, 0.6) is 5.75 Å². The van der Waals surface area contributed by atoms with E-state index in [1.54, 1.807) is 0 Å². The highest BCUT2D eigenvalue weighted by atomic mass is 19.4. The lowest BCUT2D eigenvalue weighted by molar-refractivity contribution is -0.140. The van der Waals surface area contributed by atoms with Gasteiger partial charge < -0.3 is 4.74 Å². The van der Waals surface area contributed by atoms with Crippen LogP contribution in [0, 0.1) is 12.7 Å². The summed E-state index contributed by atoms with van der Waals surface area (Å²) >= 11 is 0. The van der Waals surface area contributed by atoms with Crippen LogP contribution >= 0.6 is 0 Å². The number of aryl methyl sites for hydroxylation is 1. The lowest BCUT2D eigenvalue weighted by Gasteiger charge is -2.13. The van der Waals surface area contributed by atoms with Gasteiger partial charge in [0.25, 0.3) is 0 Å². The molecule has 0 spiro atoms. The molecule has 14 heavy (non-hydrogen) atoms. The number of hydrogen-bond acceptors (Lipinski definition) is 1. The fourth-order valence-corrected chi connectivity index (χ4v) is 1.16. The molecule has 0 unspecified atom stereocenters. The number of alkyl halides is 3. The Morgan fingerprint density at radius 1 is 1.21 bits per heavy atom. The molecule has 1 nitrogen and oxygen atoms in total. The van der Waals surface area contributed by atoms with Gasteiger partial charge in [-0.3, -0.25) is 0 Å². The Morgan fingerprint density at radius 3 is 2.21 bits per heavy atom. The largest absolute Gasteiger partial charge is 0.494 e. The van der Waals surface area contributed by atoms with Gasteiger partial charge in [0.15, 0.2) is 11.6 Å². The molecule has 1 aromatic carbocycles. The fourth-order valence-electron chi connectivity index (χ4n) is 1.16. The summed E-state index contributed by atoms with van der Waals surface area (Å²) < 4.78 is 54.6. The van der Waals surface area contributed by atoms with E-state index >= 15 is 0 Å². The van der Waals surface area contributed by atoms with E-state index in [-0.39, 0.29) is 5.56 Å². The average Bonchev–Trinajstić information content (AvgIpc) is 2.02. The molecule has 0 fully saturated rings. The molecule has 0 heterocycles. The molecule has 5 heteroatoms. The van der Waals surface area contributed by atoms with E-state index in [0.29, 0.717) is 0 Å². The zero-order valence-electron chi connectivity index (χ0n) is 7.57. The maximum absolute atomic E-state index is 13.2. The smallest absolute Gasteiger partial charge is 0.419 e. The minimum atomic E-state index is -4.69. The standard InChI is InChI=1S/C9H8F4O/c1-5-3-4-6(14-2)8(10)7(5)9(11,12)13/h3-4H,1-2H3. The van der Waals surface area contributed by atoms with E-state index < -0.39 is 23.3 Å². The molecule has 0 bridgehead atoms. The summed E-state index contributed by atoms with van der Waals surface area (Å²) in [6, 6.07) is 2.34. The molecule has 0 amide bonds. The Balaban J connectivity index is 3.40. The molecule has 0 aliphatic rings. The van der Waals surface area contributed by atoms with Gasteiger partial charge in [-0.15, -0.1) is 0 Å². The SMILES string of the molecule is COc1ccc(C)c(C(F)(F)F)c1F. The van der Waals surface area contributed by atoms with Gasteiger partial charge in [0.1, 0.15) is 0 Å². The van der Waals surface area contributed by atoms with Crippen molar-refractivity contribution < 1.29 is 22.3 Å². The summed E-state index contributed by atoms with van der Waals surface area (Å²) in [7, 11) is 1.12. The molecule has 0 saturated carbocycles. The topological polar surface area (TPSA) is 9.23 Å². The van der Waals surface area contributed by atoms with Gasteiger partial charge >= 0.3 is 6.18 Å². The van der Waals surface area contributed by atoms with E-state index in [0.717, 1.165) is 7.11 Å². The molecule has 0 saturated heterocycles. The Morgan fingerprint density at radius 2 is 1.79 bits per heavy atom. The van der Waals surface area contributed by atoms with E-state index in [4.69, 9.17) is 0 Å². The van der Waals surface area contributed by atoms with Crippen LogP contribution < -0.4 is 4.74 Å². The molecule has 0 aliphatic carbocycles. The van der Waals surface area contributed by atoms with E-state index in [1.165, 1.54) is 19.1 Å². The van der Waals surface area contributed by atoms with Crippen LogP contribution in [0.3, 0.4) is 0 Å². The lowest BCUT2D eigenvalue weighted by atomic mass is 10.1. The highest BCUT2D eigenvalue weighted by Gasteiger charge is 2.37. The summed E-state index contributed by atoms with van der Waals surface area (Å²) in [5.41, 5.74) is -1.42. The molecule has 0 radical (unpaired) electrons. The summed E-state index contributed by atoms with van der Waals surface area (Å²) in [5.74, 6) is -1.76. The van der Waals surface area contributed by atoms with E-state index in [9.17, 15) is 17.6 Å². The molecule has 1 aromatic rings. The number of hydrogen-bond donors (Lipinski definition) is 0. The highest BCUT2D eigenvalue weighted by Crippen LogP contribution is 2.36. The number of rotatable bonds is 1. The van der Waals surface area contributed by atoms with Crippen molar-refractivity contribution in [3.8, 4) is 5.75 Å². The van der Waals surface area contributed by atoms with Crippen molar-refractivity contribution in [2.24, 2.45) is 0 Å². The van der Waals surface area contributed by atoms with E-state index in [2.05, 4.69) is 4.74 Å². The molecule has 1 rings (SSSR count). The van der Waals surface area contributed by atoms with Crippen LogP contribution in [0.1, 0.15) is 11.1 Å². The number of benzene rings is 1. The summed E-state index contributed by atoms with van der Waals surface area (Å²) in [6.45, 7) is 1.20. The molecule has 0 aliphatic heterocycles. The van der Waals surface area contributed by atoms with Gasteiger partial charge in [-0.1, -0.05) is 6.07 Å². The first-order valence-corrected chi connectivity index (χ1v) is 3.78. The van der Waals surface area contributed by atoms with Gasteiger partial charge in [0.05, 0.1) is 12.7 Å². The van der Waals surface area contributed by atoms with Crippen LogP contribution in [0.2, 0.25) is 0 Å². The summed E-state index contributed by atoms with van der Waals surface area (Å²) in [5, 5.41) is 0. The van der Waals surface area contributed by atoms with Crippen molar-refractivity contribution in [1.29, 1.82) is 0 Å². The normalized spacial score (nSPS) is 11.6. The first-order valence-electron chi connectivity index (χ1n) is 3.78. The predicted molar refractivity (Wildman–Crippen MR) is 42.7 cm³/mol. The maximum Gasteiger partial charge on any atom is 0.419 e. The Labute approximate surface area is 78.3 Å². The van der Waals surface area contributed by atoms with Crippen molar-refractivity contribution in [3.63, 3.8) is 0 Å². The maximum atomic E-state index is 13.2. The first-order chi connectivity index (χ1) is 6.38. The molecular weight excluding hydrogens is 200 g/mol. The lowest BCUT2D eigenvalue weighted by Crippen LogP contribution is -2.11. The van der Waals surface area contributed by atoms with Gasteiger partial charge in [-0.25, -0.2) is 4.39 Å². The second kappa shape index (κ2) is 3.48. The monoisotopic (exact) mass is 208 g/mol. The summed E-state index contributed by atoms with van der Waals surface area (Å²) in [4.78, 5) is 0. The predicted octanol–water partition coefficient (Wildman–Crippen LogP) is 3.16. The van der Waals surface area contributed by atoms with Crippen LogP contribution in [-0.2, 0) is 6.18 Å². The zero-order chi connectivity index (χ0) is 10.9. The Bertz CT molecular complexity index is 343. The van der Waals surface area contributed by atoms with Crippen LogP contribution in [-0.4, -0.2) is 7.11 Å². The van der Waals surface area contributed by atoms with Crippen LogP contribution in [0.25, 0.3) is 0 Å². The number of methoxy groups -OCH3 is 1. The van der Waals surface area contributed by atoms with Gasteiger partial charge in [-0.2, -0.15) is 13.2 Å². The van der Waals surface area contributed by atoms with Crippen molar-refractivity contribution >= 4 is 0 Å². The minimum Gasteiger partial charge on any atom is -0.494 e.